The number of anilines is 1. The lowest BCUT2D eigenvalue weighted by molar-refractivity contribution is -0.192. The molecule has 0 spiro atoms. The molecule has 0 amide bonds. The maximum atomic E-state index is 11.2. The maximum Gasteiger partial charge on any atom is 0.490 e. The van der Waals surface area contributed by atoms with Crippen molar-refractivity contribution >= 4 is 17.8 Å². The molecule has 0 aromatic carbocycles. The minimum Gasteiger partial charge on any atom is -0.480 e. The van der Waals surface area contributed by atoms with Gasteiger partial charge in [0.1, 0.15) is 6.04 Å². The number of hydrogen-bond donors (Lipinski definition) is 2. The van der Waals surface area contributed by atoms with Crippen LogP contribution in [-0.4, -0.2) is 82.3 Å². The molecule has 1 atom stereocenters. The van der Waals surface area contributed by atoms with E-state index in [0.29, 0.717) is 18.9 Å². The number of carboxylic acid groups (broad SMARTS) is 2. The van der Waals surface area contributed by atoms with Crippen molar-refractivity contribution in [2.24, 2.45) is 0 Å². The highest BCUT2D eigenvalue weighted by Gasteiger charge is 2.38. The summed E-state index contributed by atoms with van der Waals surface area (Å²) >= 11 is 0. The van der Waals surface area contributed by atoms with Gasteiger partial charge in [0, 0.05) is 32.2 Å². The van der Waals surface area contributed by atoms with Gasteiger partial charge in [0.15, 0.2) is 5.82 Å². The summed E-state index contributed by atoms with van der Waals surface area (Å²) in [6.45, 7) is 7.34. The van der Waals surface area contributed by atoms with E-state index in [9.17, 15) is 23.1 Å². The summed E-state index contributed by atoms with van der Waals surface area (Å²) in [4.78, 5) is 24.2. The van der Waals surface area contributed by atoms with Crippen LogP contribution in [0, 0.1) is 0 Å². The molecular formula is C16H23F3N4O5. The van der Waals surface area contributed by atoms with Gasteiger partial charge in [-0.1, -0.05) is 6.92 Å². The summed E-state index contributed by atoms with van der Waals surface area (Å²) in [6, 6.07) is 3.31. The first-order valence-electron chi connectivity index (χ1n) is 8.58. The average Bonchev–Trinajstić information content (AvgIpc) is 2.63. The molecule has 1 saturated heterocycles. The second kappa shape index (κ2) is 10.6. The van der Waals surface area contributed by atoms with Crippen LogP contribution in [0.15, 0.2) is 12.1 Å². The van der Waals surface area contributed by atoms with Crippen molar-refractivity contribution in [3.8, 4) is 5.88 Å². The largest absolute Gasteiger partial charge is 0.490 e. The van der Waals surface area contributed by atoms with Crippen molar-refractivity contribution in [1.82, 2.24) is 15.1 Å². The molecular weight excluding hydrogens is 385 g/mol. The lowest BCUT2D eigenvalue weighted by atomic mass is 10.1. The molecule has 2 rings (SSSR count). The average molecular weight is 408 g/mol. The van der Waals surface area contributed by atoms with Crippen LogP contribution in [0.4, 0.5) is 19.0 Å². The lowest BCUT2D eigenvalue weighted by Crippen LogP contribution is -2.52. The molecule has 2 heterocycles. The van der Waals surface area contributed by atoms with Gasteiger partial charge >= 0.3 is 18.1 Å². The van der Waals surface area contributed by atoms with Crippen molar-refractivity contribution in [3.63, 3.8) is 0 Å². The highest BCUT2D eigenvalue weighted by atomic mass is 19.4. The zero-order chi connectivity index (χ0) is 21.3. The predicted octanol–water partition coefficient (Wildman–Crippen LogP) is 1.49. The van der Waals surface area contributed by atoms with Gasteiger partial charge in [-0.2, -0.15) is 13.2 Å². The zero-order valence-electron chi connectivity index (χ0n) is 15.5. The fourth-order valence-corrected chi connectivity index (χ4v) is 2.56. The van der Waals surface area contributed by atoms with E-state index in [1.54, 1.807) is 0 Å². The number of aliphatic carboxylic acids is 2. The third-order valence-corrected chi connectivity index (χ3v) is 3.91. The van der Waals surface area contributed by atoms with Crippen LogP contribution in [0.3, 0.4) is 0 Å². The molecule has 1 aliphatic heterocycles. The van der Waals surface area contributed by atoms with Crippen molar-refractivity contribution < 1.29 is 37.7 Å². The molecule has 1 unspecified atom stereocenters. The summed E-state index contributed by atoms with van der Waals surface area (Å²) in [5, 5.41) is 24.5. The zero-order valence-corrected chi connectivity index (χ0v) is 15.5. The third-order valence-electron chi connectivity index (χ3n) is 3.91. The van der Waals surface area contributed by atoms with Crippen LogP contribution in [0.5, 0.6) is 5.88 Å². The predicted molar refractivity (Wildman–Crippen MR) is 92.4 cm³/mol. The molecule has 158 valence electrons. The Kier molecular flexibility index (Phi) is 8.89. The van der Waals surface area contributed by atoms with E-state index in [0.717, 1.165) is 32.0 Å². The number of alkyl halides is 3. The first kappa shape index (κ1) is 23.4. The third kappa shape index (κ3) is 7.18. The topological polar surface area (TPSA) is 116 Å². The summed E-state index contributed by atoms with van der Waals surface area (Å²) in [7, 11) is 0. The highest BCUT2D eigenvalue weighted by molar-refractivity contribution is 5.73. The van der Waals surface area contributed by atoms with Gasteiger partial charge in [-0.25, -0.2) is 4.79 Å². The Bertz CT molecular complexity index is 634. The molecule has 9 nitrogen and oxygen atoms in total. The summed E-state index contributed by atoms with van der Waals surface area (Å²) in [5.74, 6) is -2.17. The molecule has 0 radical (unpaired) electrons. The van der Waals surface area contributed by atoms with Crippen molar-refractivity contribution in [1.29, 1.82) is 0 Å². The standard InChI is InChI=1S/C14H22N4O3.C2HF3O2/c1-3-11(14(19)20)17-7-9-18(10-8-17)12-5-6-13(16-15-12)21-4-2;3-2(4,5)1(6)7/h5-6,11H,3-4,7-10H2,1-2H3,(H,19,20);(H,6,7). The number of ether oxygens (including phenoxy) is 1. The van der Waals surface area contributed by atoms with E-state index in [-0.39, 0.29) is 0 Å². The van der Waals surface area contributed by atoms with Crippen LogP contribution in [0.25, 0.3) is 0 Å². The highest BCUT2D eigenvalue weighted by Crippen LogP contribution is 2.17. The molecule has 28 heavy (non-hydrogen) atoms. The van der Waals surface area contributed by atoms with Gasteiger partial charge in [-0.3, -0.25) is 9.69 Å². The molecule has 1 fully saturated rings. The van der Waals surface area contributed by atoms with Crippen LogP contribution in [0.2, 0.25) is 0 Å². The Morgan fingerprint density at radius 2 is 1.71 bits per heavy atom. The second-order valence-electron chi connectivity index (χ2n) is 5.75. The summed E-state index contributed by atoms with van der Waals surface area (Å²) in [5.41, 5.74) is 0. The normalized spacial score (nSPS) is 16.0. The molecule has 0 bridgehead atoms. The van der Waals surface area contributed by atoms with Gasteiger partial charge in [0.2, 0.25) is 5.88 Å². The van der Waals surface area contributed by atoms with Gasteiger partial charge in [-0.05, 0) is 19.4 Å². The summed E-state index contributed by atoms with van der Waals surface area (Å²) in [6.07, 6.45) is -4.46. The monoisotopic (exact) mass is 408 g/mol. The molecule has 2 N–H and O–H groups in total. The second-order valence-corrected chi connectivity index (χ2v) is 5.75. The number of piperazine rings is 1. The molecule has 1 aromatic heterocycles. The molecule has 0 aliphatic carbocycles. The van der Waals surface area contributed by atoms with Crippen LogP contribution in [0.1, 0.15) is 20.3 Å². The van der Waals surface area contributed by atoms with E-state index in [1.807, 2.05) is 30.9 Å². The minimum atomic E-state index is -5.08. The Morgan fingerprint density at radius 1 is 1.14 bits per heavy atom. The fourth-order valence-electron chi connectivity index (χ4n) is 2.56. The molecule has 12 heteroatoms. The number of carbonyl (C=O) groups is 2. The lowest BCUT2D eigenvalue weighted by Gasteiger charge is -2.37. The maximum absolute atomic E-state index is 11.2. The van der Waals surface area contributed by atoms with Gasteiger partial charge in [0.25, 0.3) is 0 Å². The summed E-state index contributed by atoms with van der Waals surface area (Å²) < 4.78 is 37.0. The number of rotatable bonds is 6. The van der Waals surface area contributed by atoms with Crippen molar-refractivity contribution in [3.05, 3.63) is 12.1 Å². The Labute approximate surface area is 159 Å². The smallest absolute Gasteiger partial charge is 0.480 e. The first-order chi connectivity index (χ1) is 13.1. The Morgan fingerprint density at radius 3 is 2.07 bits per heavy atom. The van der Waals surface area contributed by atoms with Gasteiger partial charge < -0.3 is 19.8 Å². The van der Waals surface area contributed by atoms with Gasteiger partial charge in [-0.15, -0.1) is 10.2 Å². The van der Waals surface area contributed by atoms with E-state index >= 15 is 0 Å². The van der Waals surface area contributed by atoms with Crippen molar-refractivity contribution in [2.45, 2.75) is 32.5 Å². The number of halogens is 3. The number of hydrogen-bond acceptors (Lipinski definition) is 7. The van der Waals surface area contributed by atoms with E-state index < -0.39 is 24.2 Å². The number of nitrogens with zero attached hydrogens (tertiary/aromatic N) is 4. The molecule has 1 aliphatic rings. The number of aromatic nitrogens is 2. The van der Waals surface area contributed by atoms with E-state index in [2.05, 4.69) is 15.1 Å². The Hall–Kier alpha value is -2.63. The SMILES string of the molecule is CCOc1ccc(N2CCN(C(CC)C(=O)O)CC2)nn1.O=C(O)C(F)(F)F. The Balaban J connectivity index is 0.000000480. The van der Waals surface area contributed by atoms with E-state index in [1.165, 1.54) is 0 Å². The molecule has 1 aromatic rings. The van der Waals surface area contributed by atoms with Crippen LogP contribution in [-0.2, 0) is 9.59 Å². The van der Waals surface area contributed by atoms with Gasteiger partial charge in [0.05, 0.1) is 6.61 Å². The van der Waals surface area contributed by atoms with Crippen molar-refractivity contribution in [2.75, 3.05) is 37.7 Å². The van der Waals surface area contributed by atoms with E-state index in [4.69, 9.17) is 14.6 Å². The molecule has 0 saturated carbocycles. The quantitative estimate of drug-likeness (QED) is 0.722. The first-order valence-corrected chi connectivity index (χ1v) is 8.58. The van der Waals surface area contributed by atoms with Crippen LogP contribution >= 0.6 is 0 Å². The number of carboxylic acids is 2. The van der Waals surface area contributed by atoms with Crippen LogP contribution < -0.4 is 9.64 Å². The fraction of sp³-hybridized carbons (Fsp3) is 0.625. The minimum absolute atomic E-state index is 0.390.